The Kier molecular flexibility index (Phi) is 3.92. The zero-order chi connectivity index (χ0) is 17.6. The van der Waals surface area contributed by atoms with E-state index in [-0.39, 0.29) is 18.3 Å². The molecule has 0 saturated heterocycles. The predicted molar refractivity (Wildman–Crippen MR) is 94.5 cm³/mol. The SMILES string of the molecule is CN1C(=O)Cc2cc(C(=O)COC(=O)c3cc4c(s3)CCC4)ccc21. The molecular formula is C19H17NO4S. The molecule has 0 unspecified atom stereocenters. The zero-order valence-electron chi connectivity index (χ0n) is 13.8. The van der Waals surface area contributed by atoms with Crippen molar-refractivity contribution < 1.29 is 19.1 Å². The minimum atomic E-state index is -0.441. The van der Waals surface area contributed by atoms with Gasteiger partial charge in [-0.05, 0) is 54.7 Å². The fourth-order valence-electron chi connectivity index (χ4n) is 3.36. The molecule has 25 heavy (non-hydrogen) atoms. The van der Waals surface area contributed by atoms with Crippen molar-refractivity contribution in [3.05, 3.63) is 50.7 Å². The highest BCUT2D eigenvalue weighted by atomic mass is 32.1. The normalized spacial score (nSPS) is 15.2. The molecule has 0 atom stereocenters. The van der Waals surface area contributed by atoms with Crippen LogP contribution in [0.2, 0.25) is 0 Å². The minimum absolute atomic E-state index is 0.0109. The number of ketones is 1. The third-order valence-corrected chi connectivity index (χ3v) is 5.98. The molecule has 2 aliphatic rings. The minimum Gasteiger partial charge on any atom is -0.453 e. The fraction of sp³-hybridized carbons (Fsp3) is 0.316. The van der Waals surface area contributed by atoms with Gasteiger partial charge in [0.2, 0.25) is 5.91 Å². The van der Waals surface area contributed by atoms with Crippen LogP contribution in [0.5, 0.6) is 0 Å². The molecule has 6 heteroatoms. The van der Waals surface area contributed by atoms with E-state index in [1.165, 1.54) is 21.8 Å². The molecule has 4 rings (SSSR count). The monoisotopic (exact) mass is 355 g/mol. The van der Waals surface area contributed by atoms with E-state index in [0.717, 1.165) is 30.5 Å². The molecule has 0 N–H and O–H groups in total. The fourth-order valence-corrected chi connectivity index (χ4v) is 4.51. The van der Waals surface area contributed by atoms with Gasteiger partial charge in [0.05, 0.1) is 6.42 Å². The lowest BCUT2D eigenvalue weighted by Gasteiger charge is -2.10. The summed E-state index contributed by atoms with van der Waals surface area (Å²) in [6, 6.07) is 7.03. The number of aryl methyl sites for hydroxylation is 2. The third kappa shape index (κ3) is 2.87. The van der Waals surface area contributed by atoms with Crippen molar-refractivity contribution in [1.82, 2.24) is 0 Å². The molecule has 128 valence electrons. The Morgan fingerprint density at radius 3 is 2.84 bits per heavy atom. The highest BCUT2D eigenvalue weighted by Crippen LogP contribution is 2.31. The van der Waals surface area contributed by atoms with E-state index in [4.69, 9.17) is 4.74 Å². The van der Waals surface area contributed by atoms with Crippen LogP contribution in [0.25, 0.3) is 0 Å². The molecule has 0 radical (unpaired) electrons. The van der Waals surface area contributed by atoms with Crippen LogP contribution in [0.1, 0.15) is 42.5 Å². The molecule has 1 aliphatic carbocycles. The highest BCUT2D eigenvalue weighted by Gasteiger charge is 2.25. The van der Waals surface area contributed by atoms with Crippen molar-refractivity contribution in [3.63, 3.8) is 0 Å². The molecule has 1 aromatic heterocycles. The second kappa shape index (κ2) is 6.11. The van der Waals surface area contributed by atoms with E-state index in [2.05, 4.69) is 0 Å². The number of nitrogens with zero attached hydrogens (tertiary/aromatic N) is 1. The zero-order valence-corrected chi connectivity index (χ0v) is 14.6. The second-order valence-corrected chi connectivity index (χ2v) is 7.52. The number of esters is 1. The van der Waals surface area contributed by atoms with Crippen LogP contribution in [-0.4, -0.2) is 31.3 Å². The van der Waals surface area contributed by atoms with E-state index in [0.29, 0.717) is 16.9 Å². The summed E-state index contributed by atoms with van der Waals surface area (Å²) in [5.74, 6) is -0.692. The van der Waals surface area contributed by atoms with Crippen molar-refractivity contribution in [2.45, 2.75) is 25.7 Å². The number of ether oxygens (including phenoxy) is 1. The molecule has 0 saturated carbocycles. The summed E-state index contributed by atoms with van der Waals surface area (Å²) >= 11 is 1.47. The average molecular weight is 355 g/mol. The summed E-state index contributed by atoms with van der Waals surface area (Å²) in [7, 11) is 1.72. The van der Waals surface area contributed by atoms with Crippen molar-refractivity contribution in [1.29, 1.82) is 0 Å². The van der Waals surface area contributed by atoms with Crippen LogP contribution < -0.4 is 4.90 Å². The summed E-state index contributed by atoms with van der Waals surface area (Å²) in [5.41, 5.74) is 3.35. The lowest BCUT2D eigenvalue weighted by Crippen LogP contribution is -2.20. The number of amides is 1. The van der Waals surface area contributed by atoms with E-state index in [1.807, 2.05) is 6.07 Å². The van der Waals surface area contributed by atoms with E-state index >= 15 is 0 Å². The Labute approximate surface area is 149 Å². The van der Waals surface area contributed by atoms with Crippen LogP contribution in [0.3, 0.4) is 0 Å². The van der Waals surface area contributed by atoms with Crippen LogP contribution >= 0.6 is 11.3 Å². The van der Waals surface area contributed by atoms with Crippen LogP contribution in [0, 0.1) is 0 Å². The molecule has 0 bridgehead atoms. The van der Waals surface area contributed by atoms with E-state index in [9.17, 15) is 14.4 Å². The Bertz CT molecular complexity index is 877. The van der Waals surface area contributed by atoms with E-state index in [1.54, 1.807) is 30.1 Å². The summed E-state index contributed by atoms with van der Waals surface area (Å²) in [6.45, 7) is -0.288. The Morgan fingerprint density at radius 2 is 2.04 bits per heavy atom. The topological polar surface area (TPSA) is 63.7 Å². The number of carbonyl (C=O) groups excluding carboxylic acids is 3. The van der Waals surface area contributed by atoms with Crippen molar-refractivity contribution in [2.75, 3.05) is 18.6 Å². The van der Waals surface area contributed by atoms with Gasteiger partial charge in [0, 0.05) is 23.2 Å². The first-order valence-corrected chi connectivity index (χ1v) is 9.06. The first-order valence-electron chi connectivity index (χ1n) is 8.24. The molecule has 2 heterocycles. The van der Waals surface area contributed by atoms with Gasteiger partial charge >= 0.3 is 5.97 Å². The summed E-state index contributed by atoms with van der Waals surface area (Å²) in [5, 5.41) is 0. The number of rotatable bonds is 4. The number of hydrogen-bond donors (Lipinski definition) is 0. The van der Waals surface area contributed by atoms with Crippen molar-refractivity contribution >= 4 is 34.7 Å². The molecule has 1 amide bonds. The molecular weight excluding hydrogens is 338 g/mol. The lowest BCUT2D eigenvalue weighted by molar-refractivity contribution is -0.117. The van der Waals surface area contributed by atoms with Gasteiger partial charge < -0.3 is 9.64 Å². The highest BCUT2D eigenvalue weighted by molar-refractivity contribution is 7.14. The number of likely N-dealkylation sites (N-methyl/N-ethyl adjacent to an activating group) is 1. The maximum Gasteiger partial charge on any atom is 0.348 e. The van der Waals surface area contributed by atoms with E-state index < -0.39 is 5.97 Å². The van der Waals surface area contributed by atoms with Gasteiger partial charge in [-0.15, -0.1) is 11.3 Å². The summed E-state index contributed by atoms with van der Waals surface area (Å²) in [6.07, 6.45) is 3.48. The van der Waals surface area contributed by atoms with Crippen molar-refractivity contribution in [3.8, 4) is 0 Å². The third-order valence-electron chi connectivity index (χ3n) is 4.76. The Hall–Kier alpha value is -2.47. The Morgan fingerprint density at radius 1 is 1.20 bits per heavy atom. The average Bonchev–Trinajstić information content (AvgIpc) is 3.26. The maximum absolute atomic E-state index is 12.3. The quantitative estimate of drug-likeness (QED) is 0.625. The van der Waals surface area contributed by atoms with Gasteiger partial charge in [0.25, 0.3) is 0 Å². The summed E-state index contributed by atoms with van der Waals surface area (Å²) < 4.78 is 5.19. The van der Waals surface area contributed by atoms with Gasteiger partial charge in [0.1, 0.15) is 4.88 Å². The molecule has 5 nitrogen and oxygen atoms in total. The Balaban J connectivity index is 1.41. The number of fused-ring (bicyclic) bond motifs is 2. The van der Waals surface area contributed by atoms with Crippen LogP contribution in [0.4, 0.5) is 5.69 Å². The number of hydrogen-bond acceptors (Lipinski definition) is 5. The standard InChI is InChI=1S/C19H17NO4S/c1-20-14-6-5-11(7-13(14)9-18(20)22)15(21)10-24-19(23)17-8-12-3-2-4-16(12)25-17/h5-8H,2-4,9-10H2,1H3. The molecule has 1 aromatic carbocycles. The predicted octanol–water partition coefficient (Wildman–Crippen LogP) is 2.80. The van der Waals surface area contributed by atoms with Crippen LogP contribution in [-0.2, 0) is 28.8 Å². The molecule has 0 fully saturated rings. The van der Waals surface area contributed by atoms with Gasteiger partial charge in [-0.2, -0.15) is 0 Å². The second-order valence-electron chi connectivity index (χ2n) is 6.38. The molecule has 1 aliphatic heterocycles. The summed E-state index contributed by atoms with van der Waals surface area (Å²) in [4.78, 5) is 39.6. The smallest absolute Gasteiger partial charge is 0.348 e. The maximum atomic E-state index is 12.3. The van der Waals surface area contributed by atoms with Gasteiger partial charge in [-0.1, -0.05) is 0 Å². The largest absolute Gasteiger partial charge is 0.453 e. The number of anilines is 1. The van der Waals surface area contributed by atoms with Crippen LogP contribution in [0.15, 0.2) is 24.3 Å². The van der Waals surface area contributed by atoms with Crippen molar-refractivity contribution in [2.24, 2.45) is 0 Å². The molecule has 2 aromatic rings. The molecule has 0 spiro atoms. The number of thiophene rings is 1. The van der Waals surface area contributed by atoms with Gasteiger partial charge in [-0.3, -0.25) is 9.59 Å². The van der Waals surface area contributed by atoms with Gasteiger partial charge in [-0.25, -0.2) is 4.79 Å². The number of carbonyl (C=O) groups is 3. The first-order chi connectivity index (χ1) is 12.0. The number of benzene rings is 1. The lowest BCUT2D eigenvalue weighted by atomic mass is 10.1. The number of Topliss-reactive ketones (excluding diaryl/α,β-unsaturated/α-hetero) is 1. The van der Waals surface area contributed by atoms with Gasteiger partial charge in [0.15, 0.2) is 12.4 Å². The first kappa shape index (κ1) is 16.0.